The zero-order valence-electron chi connectivity index (χ0n) is 15.0. The van der Waals surface area contributed by atoms with Gasteiger partial charge in [-0.15, -0.1) is 0 Å². The molecular formula is C18H31N3O2. The lowest BCUT2D eigenvalue weighted by molar-refractivity contribution is 0.119. The molecule has 0 aliphatic rings. The Labute approximate surface area is 140 Å². The van der Waals surface area contributed by atoms with Crippen LogP contribution >= 0.6 is 0 Å². The largest absolute Gasteiger partial charge is 0.497 e. The monoisotopic (exact) mass is 321 g/mol. The van der Waals surface area contributed by atoms with Gasteiger partial charge in [0.1, 0.15) is 5.75 Å². The third kappa shape index (κ3) is 7.88. The van der Waals surface area contributed by atoms with E-state index in [1.165, 1.54) is 12.8 Å². The molecule has 1 rings (SSSR count). The van der Waals surface area contributed by atoms with Crippen molar-refractivity contribution in [3.63, 3.8) is 0 Å². The molecule has 0 fully saturated rings. The average Bonchev–Trinajstić information content (AvgIpc) is 2.59. The number of guanidine groups is 1. The van der Waals surface area contributed by atoms with Gasteiger partial charge in [-0.3, -0.25) is 4.99 Å². The van der Waals surface area contributed by atoms with Crippen LogP contribution in [0.3, 0.4) is 0 Å². The van der Waals surface area contributed by atoms with Gasteiger partial charge in [-0.2, -0.15) is 0 Å². The fourth-order valence-electron chi connectivity index (χ4n) is 2.17. The SMILES string of the molecule is CCCCN(C)C(=NC)NCCCOCc1ccc(OC)cc1. The number of aliphatic imine (C=N–C) groups is 1. The van der Waals surface area contributed by atoms with Crippen molar-refractivity contribution in [2.75, 3.05) is 40.9 Å². The summed E-state index contributed by atoms with van der Waals surface area (Å²) in [6.45, 7) is 5.46. The van der Waals surface area contributed by atoms with E-state index in [2.05, 4.69) is 29.2 Å². The Kier molecular flexibility index (Phi) is 9.87. The summed E-state index contributed by atoms with van der Waals surface area (Å²) in [5.74, 6) is 1.82. The number of hydrogen-bond acceptors (Lipinski definition) is 3. The Hall–Kier alpha value is -1.75. The fourth-order valence-corrected chi connectivity index (χ4v) is 2.17. The molecule has 0 amide bonds. The minimum Gasteiger partial charge on any atom is -0.497 e. The normalized spacial score (nSPS) is 11.4. The number of nitrogens with zero attached hydrogens (tertiary/aromatic N) is 2. The van der Waals surface area contributed by atoms with Crippen molar-refractivity contribution >= 4 is 5.96 Å². The fraction of sp³-hybridized carbons (Fsp3) is 0.611. The van der Waals surface area contributed by atoms with Crippen LogP contribution in [0, 0.1) is 0 Å². The molecule has 5 nitrogen and oxygen atoms in total. The second-order valence-electron chi connectivity index (χ2n) is 5.50. The van der Waals surface area contributed by atoms with Crippen molar-refractivity contribution in [2.45, 2.75) is 32.8 Å². The highest BCUT2D eigenvalue weighted by atomic mass is 16.5. The third-order valence-corrected chi connectivity index (χ3v) is 3.60. The lowest BCUT2D eigenvalue weighted by Crippen LogP contribution is -2.40. The Balaban J connectivity index is 2.14. The molecular weight excluding hydrogens is 290 g/mol. The molecule has 0 spiro atoms. The molecule has 5 heteroatoms. The Morgan fingerprint density at radius 2 is 1.96 bits per heavy atom. The summed E-state index contributed by atoms with van der Waals surface area (Å²) >= 11 is 0. The van der Waals surface area contributed by atoms with E-state index in [-0.39, 0.29) is 0 Å². The van der Waals surface area contributed by atoms with E-state index in [1.807, 2.05) is 31.3 Å². The molecule has 0 radical (unpaired) electrons. The third-order valence-electron chi connectivity index (χ3n) is 3.60. The molecule has 0 aliphatic carbocycles. The van der Waals surface area contributed by atoms with E-state index in [0.717, 1.165) is 43.4 Å². The summed E-state index contributed by atoms with van der Waals surface area (Å²) in [6.07, 6.45) is 3.33. The molecule has 0 saturated heterocycles. The smallest absolute Gasteiger partial charge is 0.193 e. The molecule has 0 aromatic heterocycles. The maximum absolute atomic E-state index is 5.70. The van der Waals surface area contributed by atoms with Gasteiger partial charge < -0.3 is 19.7 Å². The summed E-state index contributed by atoms with van der Waals surface area (Å²) in [7, 11) is 5.57. The molecule has 0 bridgehead atoms. The molecule has 1 aromatic carbocycles. The predicted molar refractivity (Wildman–Crippen MR) is 96.2 cm³/mol. The summed E-state index contributed by atoms with van der Waals surface area (Å²) in [5.41, 5.74) is 1.16. The molecule has 0 atom stereocenters. The van der Waals surface area contributed by atoms with Crippen molar-refractivity contribution in [3.8, 4) is 5.75 Å². The van der Waals surface area contributed by atoms with Crippen molar-refractivity contribution < 1.29 is 9.47 Å². The number of benzene rings is 1. The number of unbranched alkanes of at least 4 members (excludes halogenated alkanes) is 1. The zero-order chi connectivity index (χ0) is 16.9. The van der Waals surface area contributed by atoms with Crippen LogP contribution in [0.25, 0.3) is 0 Å². The van der Waals surface area contributed by atoms with E-state index in [9.17, 15) is 0 Å². The molecule has 23 heavy (non-hydrogen) atoms. The summed E-state index contributed by atoms with van der Waals surface area (Å²) in [4.78, 5) is 6.47. The first kappa shape index (κ1) is 19.3. The van der Waals surface area contributed by atoms with Crippen LogP contribution in [0.4, 0.5) is 0 Å². The van der Waals surface area contributed by atoms with E-state index in [4.69, 9.17) is 9.47 Å². The molecule has 1 aromatic rings. The van der Waals surface area contributed by atoms with Gasteiger partial charge in [-0.1, -0.05) is 25.5 Å². The van der Waals surface area contributed by atoms with Crippen LogP contribution in [0.1, 0.15) is 31.7 Å². The molecule has 0 saturated carbocycles. The minimum absolute atomic E-state index is 0.634. The number of methoxy groups -OCH3 is 1. The number of hydrogen-bond donors (Lipinski definition) is 1. The summed E-state index contributed by atoms with van der Waals surface area (Å²) in [5, 5.41) is 3.37. The van der Waals surface area contributed by atoms with Gasteiger partial charge in [0.15, 0.2) is 5.96 Å². The molecule has 0 unspecified atom stereocenters. The lowest BCUT2D eigenvalue weighted by atomic mass is 10.2. The maximum atomic E-state index is 5.70. The summed E-state index contributed by atoms with van der Waals surface area (Å²) in [6, 6.07) is 7.97. The lowest BCUT2D eigenvalue weighted by Gasteiger charge is -2.21. The van der Waals surface area contributed by atoms with Crippen molar-refractivity contribution in [1.82, 2.24) is 10.2 Å². The van der Waals surface area contributed by atoms with E-state index in [0.29, 0.717) is 6.61 Å². The van der Waals surface area contributed by atoms with E-state index in [1.54, 1.807) is 7.11 Å². The maximum Gasteiger partial charge on any atom is 0.193 e. The van der Waals surface area contributed by atoms with Crippen LogP contribution in [0.15, 0.2) is 29.3 Å². The van der Waals surface area contributed by atoms with Gasteiger partial charge in [0.25, 0.3) is 0 Å². The van der Waals surface area contributed by atoms with Crippen LogP contribution in [0.2, 0.25) is 0 Å². The van der Waals surface area contributed by atoms with Crippen LogP contribution in [-0.4, -0.2) is 51.8 Å². The average molecular weight is 321 g/mol. The minimum atomic E-state index is 0.634. The van der Waals surface area contributed by atoms with Crippen LogP contribution in [-0.2, 0) is 11.3 Å². The van der Waals surface area contributed by atoms with Crippen LogP contribution in [0.5, 0.6) is 5.75 Å². The van der Waals surface area contributed by atoms with Gasteiger partial charge in [-0.05, 0) is 30.5 Å². The molecule has 1 N–H and O–H groups in total. The second kappa shape index (κ2) is 11.8. The van der Waals surface area contributed by atoms with Gasteiger partial charge in [0.05, 0.1) is 13.7 Å². The molecule has 130 valence electrons. The number of nitrogens with one attached hydrogen (secondary N) is 1. The van der Waals surface area contributed by atoms with E-state index >= 15 is 0 Å². The first-order valence-corrected chi connectivity index (χ1v) is 8.33. The zero-order valence-corrected chi connectivity index (χ0v) is 15.0. The van der Waals surface area contributed by atoms with Gasteiger partial charge >= 0.3 is 0 Å². The molecule has 0 aliphatic heterocycles. The Bertz CT molecular complexity index is 446. The highest BCUT2D eigenvalue weighted by molar-refractivity contribution is 5.79. The van der Waals surface area contributed by atoms with Crippen molar-refractivity contribution in [2.24, 2.45) is 4.99 Å². The second-order valence-corrected chi connectivity index (χ2v) is 5.50. The van der Waals surface area contributed by atoms with Crippen molar-refractivity contribution in [1.29, 1.82) is 0 Å². The quantitative estimate of drug-likeness (QED) is 0.409. The standard InChI is InChI=1S/C18H31N3O2/c1-5-6-13-21(3)18(19-2)20-12-7-14-23-15-16-8-10-17(22-4)11-9-16/h8-11H,5-7,12-15H2,1-4H3,(H,19,20). The highest BCUT2D eigenvalue weighted by Gasteiger charge is 2.03. The predicted octanol–water partition coefficient (Wildman–Crippen LogP) is 2.91. The van der Waals surface area contributed by atoms with Crippen LogP contribution < -0.4 is 10.1 Å². The first-order chi connectivity index (χ1) is 11.2. The highest BCUT2D eigenvalue weighted by Crippen LogP contribution is 2.11. The molecule has 0 heterocycles. The number of rotatable bonds is 10. The Morgan fingerprint density at radius 1 is 1.22 bits per heavy atom. The van der Waals surface area contributed by atoms with Gasteiger partial charge in [-0.25, -0.2) is 0 Å². The number of ether oxygens (including phenoxy) is 2. The van der Waals surface area contributed by atoms with E-state index < -0.39 is 0 Å². The first-order valence-electron chi connectivity index (χ1n) is 8.33. The van der Waals surface area contributed by atoms with Gasteiger partial charge in [0, 0.05) is 33.8 Å². The van der Waals surface area contributed by atoms with Gasteiger partial charge in [0.2, 0.25) is 0 Å². The summed E-state index contributed by atoms with van der Waals surface area (Å²) < 4.78 is 10.8. The topological polar surface area (TPSA) is 46.1 Å². The Morgan fingerprint density at radius 3 is 2.57 bits per heavy atom. The van der Waals surface area contributed by atoms with Crippen molar-refractivity contribution in [3.05, 3.63) is 29.8 Å².